The van der Waals surface area contributed by atoms with E-state index in [0.717, 1.165) is 10.7 Å². The lowest BCUT2D eigenvalue weighted by Gasteiger charge is -2.10. The number of aliphatic hydroxyl groups excluding tert-OH is 1. The molecule has 0 saturated heterocycles. The minimum Gasteiger partial charge on any atom is -0.386 e. The van der Waals surface area contributed by atoms with Crippen LogP contribution in [0.4, 0.5) is 0 Å². The molecule has 0 bridgehead atoms. The lowest BCUT2D eigenvalue weighted by Crippen LogP contribution is -2.05. The zero-order valence-corrected chi connectivity index (χ0v) is 8.14. The summed E-state index contributed by atoms with van der Waals surface area (Å²) < 4.78 is 0. The molecule has 1 unspecified atom stereocenters. The van der Waals surface area contributed by atoms with Crippen LogP contribution in [-0.2, 0) is 6.54 Å². The Balaban J connectivity index is 2.74. The number of nitrogens with two attached hydrogens (primary N) is 1. The maximum absolute atomic E-state index is 9.61. The van der Waals surface area contributed by atoms with Crippen molar-refractivity contribution >= 4 is 11.3 Å². The molecule has 12 heavy (non-hydrogen) atoms. The molecule has 68 valence electrons. The van der Waals surface area contributed by atoms with E-state index in [2.05, 4.69) is 4.98 Å². The van der Waals surface area contributed by atoms with Crippen LogP contribution < -0.4 is 5.73 Å². The molecule has 0 fully saturated rings. The number of hydrogen-bond acceptors (Lipinski definition) is 4. The fourth-order valence-electron chi connectivity index (χ4n) is 0.837. The number of aliphatic hydroxyl groups is 1. The molecule has 1 aromatic heterocycles. The summed E-state index contributed by atoms with van der Waals surface area (Å²) in [6.07, 6.45) is -0.449. The van der Waals surface area contributed by atoms with Crippen molar-refractivity contribution in [3.8, 4) is 0 Å². The van der Waals surface area contributed by atoms with Crippen LogP contribution in [0.1, 0.15) is 30.7 Å². The van der Waals surface area contributed by atoms with Crippen molar-refractivity contribution in [3.05, 3.63) is 16.1 Å². The Labute approximate surface area is 76.3 Å². The van der Waals surface area contributed by atoms with Crippen LogP contribution in [0, 0.1) is 5.92 Å². The van der Waals surface area contributed by atoms with Crippen molar-refractivity contribution in [2.75, 3.05) is 0 Å². The molecule has 1 atom stereocenters. The Morgan fingerprint density at radius 1 is 1.67 bits per heavy atom. The Bertz CT molecular complexity index is 247. The Morgan fingerprint density at radius 3 is 2.75 bits per heavy atom. The van der Waals surface area contributed by atoms with E-state index in [4.69, 9.17) is 5.73 Å². The van der Waals surface area contributed by atoms with Crippen LogP contribution in [-0.4, -0.2) is 10.1 Å². The molecule has 4 heteroatoms. The second kappa shape index (κ2) is 3.98. The fourth-order valence-corrected chi connectivity index (χ4v) is 1.82. The predicted octanol–water partition coefficient (Wildman–Crippen LogP) is 1.29. The first-order chi connectivity index (χ1) is 5.65. The van der Waals surface area contributed by atoms with E-state index in [1.54, 1.807) is 0 Å². The smallest absolute Gasteiger partial charge is 0.122 e. The Morgan fingerprint density at radius 2 is 2.33 bits per heavy atom. The number of rotatable bonds is 3. The topological polar surface area (TPSA) is 59.1 Å². The lowest BCUT2D eigenvalue weighted by molar-refractivity contribution is 0.126. The van der Waals surface area contributed by atoms with Crippen LogP contribution in [0.2, 0.25) is 0 Å². The first-order valence-electron chi connectivity index (χ1n) is 3.97. The molecular weight excluding hydrogens is 172 g/mol. The molecule has 0 radical (unpaired) electrons. The summed E-state index contributed by atoms with van der Waals surface area (Å²) in [6, 6.07) is 0. The molecule has 3 N–H and O–H groups in total. The maximum Gasteiger partial charge on any atom is 0.122 e. The van der Waals surface area contributed by atoms with Crippen LogP contribution >= 0.6 is 11.3 Å². The average Bonchev–Trinajstić information content (AvgIpc) is 2.50. The van der Waals surface area contributed by atoms with Crippen molar-refractivity contribution < 1.29 is 5.11 Å². The van der Waals surface area contributed by atoms with Gasteiger partial charge in [-0.1, -0.05) is 13.8 Å². The number of nitrogens with zero attached hydrogens (tertiary/aromatic N) is 1. The molecule has 0 aromatic carbocycles. The van der Waals surface area contributed by atoms with E-state index in [9.17, 15) is 5.11 Å². The van der Waals surface area contributed by atoms with Crippen molar-refractivity contribution in [1.29, 1.82) is 0 Å². The van der Waals surface area contributed by atoms with Gasteiger partial charge in [0.2, 0.25) is 0 Å². The molecule has 1 heterocycles. The quantitative estimate of drug-likeness (QED) is 0.748. The predicted molar refractivity (Wildman–Crippen MR) is 49.8 cm³/mol. The average molecular weight is 186 g/mol. The van der Waals surface area contributed by atoms with Gasteiger partial charge in [-0.25, -0.2) is 4.98 Å². The number of hydrogen-bond donors (Lipinski definition) is 2. The summed E-state index contributed by atoms with van der Waals surface area (Å²) in [5, 5.41) is 12.3. The SMILES string of the molecule is CC(C)C(O)c1nc(CN)cs1. The van der Waals surface area contributed by atoms with E-state index in [-0.39, 0.29) is 5.92 Å². The van der Waals surface area contributed by atoms with Crippen LogP contribution in [0.5, 0.6) is 0 Å². The van der Waals surface area contributed by atoms with E-state index in [1.807, 2.05) is 19.2 Å². The van der Waals surface area contributed by atoms with Gasteiger partial charge in [-0.2, -0.15) is 0 Å². The third-order valence-corrected chi connectivity index (χ3v) is 2.63. The lowest BCUT2D eigenvalue weighted by atomic mass is 10.1. The molecule has 0 saturated carbocycles. The van der Waals surface area contributed by atoms with Gasteiger partial charge >= 0.3 is 0 Å². The highest BCUT2D eigenvalue weighted by Crippen LogP contribution is 2.24. The Kier molecular flexibility index (Phi) is 3.20. The highest BCUT2D eigenvalue weighted by atomic mass is 32.1. The van der Waals surface area contributed by atoms with Crippen molar-refractivity contribution in [3.63, 3.8) is 0 Å². The van der Waals surface area contributed by atoms with Gasteiger partial charge in [-0.15, -0.1) is 11.3 Å². The van der Waals surface area contributed by atoms with E-state index in [1.165, 1.54) is 11.3 Å². The molecule has 1 rings (SSSR count). The normalized spacial score (nSPS) is 13.8. The molecule has 0 aliphatic rings. The van der Waals surface area contributed by atoms with Crippen molar-refractivity contribution in [2.45, 2.75) is 26.5 Å². The van der Waals surface area contributed by atoms with Crippen LogP contribution in [0.25, 0.3) is 0 Å². The highest BCUT2D eigenvalue weighted by Gasteiger charge is 2.15. The third kappa shape index (κ3) is 2.03. The summed E-state index contributed by atoms with van der Waals surface area (Å²) in [7, 11) is 0. The second-order valence-electron chi connectivity index (χ2n) is 3.07. The summed E-state index contributed by atoms with van der Waals surface area (Å²) in [5.74, 6) is 0.210. The molecule has 0 aliphatic carbocycles. The zero-order chi connectivity index (χ0) is 9.14. The first kappa shape index (κ1) is 9.64. The molecule has 0 amide bonds. The van der Waals surface area contributed by atoms with Gasteiger partial charge in [0, 0.05) is 11.9 Å². The monoisotopic (exact) mass is 186 g/mol. The van der Waals surface area contributed by atoms with Crippen LogP contribution in [0.15, 0.2) is 5.38 Å². The number of aromatic nitrogens is 1. The first-order valence-corrected chi connectivity index (χ1v) is 4.85. The van der Waals surface area contributed by atoms with Gasteiger partial charge in [-0.3, -0.25) is 0 Å². The van der Waals surface area contributed by atoms with Crippen molar-refractivity contribution in [1.82, 2.24) is 4.98 Å². The maximum atomic E-state index is 9.61. The summed E-state index contributed by atoms with van der Waals surface area (Å²) in [5.41, 5.74) is 6.26. The minimum absolute atomic E-state index is 0.210. The number of thiazole rings is 1. The Hall–Kier alpha value is -0.450. The zero-order valence-electron chi connectivity index (χ0n) is 7.32. The van der Waals surface area contributed by atoms with Crippen LogP contribution in [0.3, 0.4) is 0 Å². The summed E-state index contributed by atoms with van der Waals surface area (Å²) >= 11 is 1.47. The molecule has 3 nitrogen and oxygen atoms in total. The molecule has 1 aromatic rings. The largest absolute Gasteiger partial charge is 0.386 e. The van der Waals surface area contributed by atoms with Gasteiger partial charge < -0.3 is 10.8 Å². The van der Waals surface area contributed by atoms with Gasteiger partial charge in [0.25, 0.3) is 0 Å². The second-order valence-corrected chi connectivity index (χ2v) is 3.96. The van der Waals surface area contributed by atoms with Crippen molar-refractivity contribution in [2.24, 2.45) is 11.7 Å². The van der Waals surface area contributed by atoms with Gasteiger partial charge in [0.1, 0.15) is 11.1 Å². The summed E-state index contributed by atoms with van der Waals surface area (Å²) in [6.45, 7) is 4.38. The minimum atomic E-state index is -0.449. The standard InChI is InChI=1S/C8H14N2OS/c1-5(2)7(11)8-10-6(3-9)4-12-8/h4-5,7,11H,3,9H2,1-2H3. The van der Waals surface area contributed by atoms with Gasteiger partial charge in [-0.05, 0) is 5.92 Å². The molecular formula is C8H14N2OS. The van der Waals surface area contributed by atoms with E-state index < -0.39 is 6.10 Å². The molecule has 0 aliphatic heterocycles. The van der Waals surface area contributed by atoms with E-state index in [0.29, 0.717) is 6.54 Å². The third-order valence-electron chi connectivity index (χ3n) is 1.66. The highest BCUT2D eigenvalue weighted by molar-refractivity contribution is 7.09. The van der Waals surface area contributed by atoms with Gasteiger partial charge in [0.15, 0.2) is 0 Å². The van der Waals surface area contributed by atoms with Gasteiger partial charge in [0.05, 0.1) is 5.69 Å². The molecule has 0 spiro atoms. The fraction of sp³-hybridized carbons (Fsp3) is 0.625. The summed E-state index contributed by atoms with van der Waals surface area (Å²) in [4.78, 5) is 4.19. The van der Waals surface area contributed by atoms with E-state index >= 15 is 0 Å².